The first-order chi connectivity index (χ1) is 8.14. The maximum absolute atomic E-state index is 12.4. The van der Waals surface area contributed by atoms with Crippen LogP contribution < -0.4 is 0 Å². The van der Waals surface area contributed by atoms with Crippen LogP contribution in [0, 0.1) is 18.4 Å². The Labute approximate surface area is 102 Å². The summed E-state index contributed by atoms with van der Waals surface area (Å²) in [6, 6.07) is 3.96. The molecule has 17 heavy (non-hydrogen) atoms. The fourth-order valence-electron chi connectivity index (χ4n) is 2.17. The van der Waals surface area contributed by atoms with Crippen LogP contribution in [-0.4, -0.2) is 20.2 Å². The molecule has 1 saturated heterocycles. The molecule has 2 unspecified atom stereocenters. The van der Waals surface area contributed by atoms with E-state index in [-0.39, 0.29) is 5.25 Å². The highest BCUT2D eigenvalue weighted by Crippen LogP contribution is 2.25. The second-order valence-electron chi connectivity index (χ2n) is 4.36. The predicted octanol–water partition coefficient (Wildman–Crippen LogP) is 2.04. The SMILES string of the molecule is Cc1ccc(CC2CCCS2(=O)=NC#N)cn1. The third kappa shape index (κ3) is 2.64. The monoisotopic (exact) mass is 249 g/mol. The molecule has 0 radical (unpaired) electrons. The van der Waals surface area contributed by atoms with E-state index in [4.69, 9.17) is 5.26 Å². The van der Waals surface area contributed by atoms with Gasteiger partial charge in [0.1, 0.15) is 0 Å². The molecule has 0 aromatic carbocycles. The third-order valence-corrected chi connectivity index (χ3v) is 5.82. The molecule has 1 aliphatic heterocycles. The van der Waals surface area contributed by atoms with Gasteiger partial charge in [-0.05, 0) is 37.8 Å². The van der Waals surface area contributed by atoms with Crippen molar-refractivity contribution in [3.05, 3.63) is 29.6 Å². The highest BCUT2D eigenvalue weighted by molar-refractivity contribution is 7.94. The lowest BCUT2D eigenvalue weighted by atomic mass is 10.1. The number of hydrogen-bond acceptors (Lipinski definition) is 4. The van der Waals surface area contributed by atoms with Gasteiger partial charge in [0, 0.05) is 22.9 Å². The van der Waals surface area contributed by atoms with Crippen molar-refractivity contribution in [1.29, 1.82) is 5.26 Å². The summed E-state index contributed by atoms with van der Waals surface area (Å²) >= 11 is 0. The van der Waals surface area contributed by atoms with Gasteiger partial charge in [-0.1, -0.05) is 6.07 Å². The first-order valence-electron chi connectivity index (χ1n) is 5.67. The Balaban J connectivity index is 2.20. The smallest absolute Gasteiger partial charge is 0.214 e. The van der Waals surface area contributed by atoms with Gasteiger partial charge in [0.05, 0.1) is 9.73 Å². The standard InChI is InChI=1S/C12H15N3OS/c1-10-4-5-11(8-14-10)7-12-3-2-6-17(12,16)15-9-13/h4-5,8,12H,2-3,6-7H2,1H3. The Morgan fingerprint density at radius 3 is 3.12 bits per heavy atom. The summed E-state index contributed by atoms with van der Waals surface area (Å²) in [6.07, 6.45) is 6.02. The Morgan fingerprint density at radius 1 is 1.65 bits per heavy atom. The van der Waals surface area contributed by atoms with Crippen LogP contribution in [0.1, 0.15) is 24.1 Å². The second-order valence-corrected chi connectivity index (χ2v) is 7.00. The zero-order valence-electron chi connectivity index (χ0n) is 9.80. The normalized spacial score (nSPS) is 27.6. The van der Waals surface area contributed by atoms with Crippen LogP contribution in [0.25, 0.3) is 0 Å². The van der Waals surface area contributed by atoms with Crippen molar-refractivity contribution >= 4 is 9.73 Å². The largest absolute Gasteiger partial charge is 0.261 e. The lowest BCUT2D eigenvalue weighted by Crippen LogP contribution is -2.18. The molecule has 5 heteroatoms. The minimum atomic E-state index is -2.32. The van der Waals surface area contributed by atoms with E-state index in [1.165, 1.54) is 0 Å². The summed E-state index contributed by atoms with van der Waals surface area (Å²) in [5, 5.41) is 8.61. The Hall–Kier alpha value is -1.41. The lowest BCUT2D eigenvalue weighted by Gasteiger charge is -2.11. The molecule has 1 aromatic heterocycles. The number of hydrogen-bond donors (Lipinski definition) is 0. The zero-order chi connectivity index (χ0) is 12.3. The van der Waals surface area contributed by atoms with Crippen LogP contribution in [0.15, 0.2) is 22.7 Å². The van der Waals surface area contributed by atoms with Gasteiger partial charge in [0.25, 0.3) is 0 Å². The van der Waals surface area contributed by atoms with Crippen LogP contribution in [-0.2, 0) is 16.1 Å². The Kier molecular flexibility index (Phi) is 3.43. The molecule has 2 rings (SSSR count). The molecule has 1 aromatic rings. The number of nitriles is 1. The molecule has 0 bridgehead atoms. The summed E-state index contributed by atoms with van der Waals surface area (Å²) < 4.78 is 16.0. The highest BCUT2D eigenvalue weighted by atomic mass is 32.2. The highest BCUT2D eigenvalue weighted by Gasteiger charge is 2.29. The molecule has 1 aliphatic rings. The minimum absolute atomic E-state index is 0.00616. The van der Waals surface area contributed by atoms with E-state index in [1.807, 2.05) is 25.3 Å². The number of rotatable bonds is 2. The number of aryl methyl sites for hydroxylation is 1. The lowest BCUT2D eigenvalue weighted by molar-refractivity contribution is 0.667. The van der Waals surface area contributed by atoms with Crippen molar-refractivity contribution in [3.63, 3.8) is 0 Å². The van der Waals surface area contributed by atoms with E-state index >= 15 is 0 Å². The van der Waals surface area contributed by atoms with Crippen LogP contribution >= 0.6 is 0 Å². The van der Waals surface area contributed by atoms with Gasteiger partial charge in [0.2, 0.25) is 6.19 Å². The van der Waals surface area contributed by atoms with E-state index in [0.29, 0.717) is 12.2 Å². The average Bonchev–Trinajstić information content (AvgIpc) is 2.64. The molecule has 0 N–H and O–H groups in total. The fraction of sp³-hybridized carbons (Fsp3) is 0.500. The molecule has 4 nitrogen and oxygen atoms in total. The maximum Gasteiger partial charge on any atom is 0.214 e. The van der Waals surface area contributed by atoms with Gasteiger partial charge in [-0.2, -0.15) is 5.26 Å². The summed E-state index contributed by atoms with van der Waals surface area (Å²) in [6.45, 7) is 1.94. The number of nitrogens with zero attached hydrogens (tertiary/aromatic N) is 3. The molecular weight excluding hydrogens is 234 g/mol. The number of aromatic nitrogens is 1. The van der Waals surface area contributed by atoms with Gasteiger partial charge in [-0.15, -0.1) is 4.36 Å². The summed E-state index contributed by atoms with van der Waals surface area (Å²) in [5.74, 6) is 0.560. The van der Waals surface area contributed by atoms with Gasteiger partial charge in [-0.3, -0.25) is 4.98 Å². The van der Waals surface area contributed by atoms with Crippen LogP contribution in [0.4, 0.5) is 0 Å². The summed E-state index contributed by atoms with van der Waals surface area (Å²) in [4.78, 5) is 4.23. The van der Waals surface area contributed by atoms with Crippen molar-refractivity contribution in [2.75, 3.05) is 5.75 Å². The second kappa shape index (κ2) is 4.84. The molecule has 1 fully saturated rings. The molecule has 2 heterocycles. The van der Waals surface area contributed by atoms with Crippen LogP contribution in [0.2, 0.25) is 0 Å². The van der Waals surface area contributed by atoms with Crippen molar-refractivity contribution in [2.45, 2.75) is 31.4 Å². The Morgan fingerprint density at radius 2 is 2.47 bits per heavy atom. The molecule has 0 spiro atoms. The van der Waals surface area contributed by atoms with E-state index in [0.717, 1.165) is 24.1 Å². The molecule has 2 atom stereocenters. The molecule has 90 valence electrons. The van der Waals surface area contributed by atoms with Crippen molar-refractivity contribution in [2.24, 2.45) is 4.36 Å². The first kappa shape index (κ1) is 12.1. The summed E-state index contributed by atoms with van der Waals surface area (Å²) in [7, 11) is -2.32. The molecule has 0 aliphatic carbocycles. The predicted molar refractivity (Wildman–Crippen MR) is 66.8 cm³/mol. The zero-order valence-corrected chi connectivity index (χ0v) is 10.6. The van der Waals surface area contributed by atoms with E-state index < -0.39 is 9.73 Å². The minimum Gasteiger partial charge on any atom is -0.261 e. The molecule has 0 saturated carbocycles. The van der Waals surface area contributed by atoms with Gasteiger partial charge in [-0.25, -0.2) is 4.21 Å². The van der Waals surface area contributed by atoms with Crippen LogP contribution in [0.3, 0.4) is 0 Å². The third-order valence-electron chi connectivity index (χ3n) is 3.12. The quantitative estimate of drug-likeness (QED) is 0.753. The fourth-order valence-corrected chi connectivity index (χ4v) is 4.45. The Bertz CT molecular complexity index is 550. The average molecular weight is 249 g/mol. The molecule has 0 amide bonds. The van der Waals surface area contributed by atoms with Gasteiger partial charge < -0.3 is 0 Å². The topological polar surface area (TPSA) is 66.1 Å². The van der Waals surface area contributed by atoms with Crippen LogP contribution in [0.5, 0.6) is 0 Å². The van der Waals surface area contributed by atoms with E-state index in [2.05, 4.69) is 9.35 Å². The molecular formula is C12H15N3OS. The maximum atomic E-state index is 12.4. The van der Waals surface area contributed by atoms with Crippen molar-refractivity contribution in [3.8, 4) is 6.19 Å². The van der Waals surface area contributed by atoms with Crippen molar-refractivity contribution < 1.29 is 4.21 Å². The van der Waals surface area contributed by atoms with E-state index in [9.17, 15) is 4.21 Å². The first-order valence-corrected chi connectivity index (χ1v) is 7.42. The van der Waals surface area contributed by atoms with Gasteiger partial charge in [0.15, 0.2) is 0 Å². The van der Waals surface area contributed by atoms with Gasteiger partial charge >= 0.3 is 0 Å². The number of pyridine rings is 1. The summed E-state index contributed by atoms with van der Waals surface area (Å²) in [5.41, 5.74) is 2.05. The van der Waals surface area contributed by atoms with Crippen molar-refractivity contribution in [1.82, 2.24) is 4.98 Å². The van der Waals surface area contributed by atoms with E-state index in [1.54, 1.807) is 6.19 Å².